The van der Waals surface area contributed by atoms with Crippen molar-refractivity contribution in [2.75, 3.05) is 7.11 Å². The predicted octanol–water partition coefficient (Wildman–Crippen LogP) is 5.24. The molecule has 2 aromatic carbocycles. The summed E-state index contributed by atoms with van der Waals surface area (Å²) >= 11 is 0. The molecule has 1 fully saturated rings. The average molecular weight is 354 g/mol. The number of carbonyl (C=O) groups excluding carboxylic acids is 1. The lowest BCUT2D eigenvalue weighted by Crippen LogP contribution is -2.12. The normalized spacial score (nSPS) is 14.7. The maximum Gasteiger partial charge on any atom is 0.511 e. The first-order valence-corrected chi connectivity index (χ1v) is 8.83. The van der Waals surface area contributed by atoms with E-state index in [1.165, 1.54) is 13.5 Å². The van der Waals surface area contributed by atoms with E-state index >= 15 is 0 Å². The van der Waals surface area contributed by atoms with Crippen LogP contribution in [0, 0.1) is 0 Å². The van der Waals surface area contributed by atoms with Crippen molar-refractivity contribution in [3.8, 4) is 16.9 Å². The Morgan fingerprint density at radius 2 is 1.65 bits per heavy atom. The van der Waals surface area contributed by atoms with Crippen LogP contribution >= 0.6 is 0 Å². The van der Waals surface area contributed by atoms with Crippen LogP contribution in [0.25, 0.3) is 11.1 Å². The number of carboxylic acid groups (broad SMARTS) is 1. The highest BCUT2D eigenvalue weighted by molar-refractivity contribution is 5.98. The van der Waals surface area contributed by atoms with E-state index in [1.807, 2.05) is 18.2 Å². The van der Waals surface area contributed by atoms with Crippen molar-refractivity contribution < 1.29 is 24.2 Å². The number of methoxy groups -OCH3 is 1. The third kappa shape index (κ3) is 3.72. The van der Waals surface area contributed by atoms with Crippen molar-refractivity contribution in [1.82, 2.24) is 0 Å². The number of rotatable bonds is 4. The Morgan fingerprint density at radius 1 is 0.962 bits per heavy atom. The highest BCUT2D eigenvalue weighted by atomic mass is 16.7. The van der Waals surface area contributed by atoms with Gasteiger partial charge >= 0.3 is 12.1 Å². The summed E-state index contributed by atoms with van der Waals surface area (Å²) in [6.45, 7) is 0. The van der Waals surface area contributed by atoms with Gasteiger partial charge in [0.1, 0.15) is 5.75 Å². The third-order valence-corrected chi connectivity index (χ3v) is 4.90. The zero-order valence-corrected chi connectivity index (χ0v) is 14.7. The minimum Gasteiger partial charge on any atom is -0.465 e. The van der Waals surface area contributed by atoms with Crippen molar-refractivity contribution in [2.45, 2.75) is 38.0 Å². The summed E-state index contributed by atoms with van der Waals surface area (Å²) < 4.78 is 10.0. The summed E-state index contributed by atoms with van der Waals surface area (Å²) in [5, 5.41) is 9.14. The summed E-state index contributed by atoms with van der Waals surface area (Å²) in [5.74, 6) is 0.140. The molecule has 0 radical (unpaired) electrons. The SMILES string of the molecule is COC(=O)c1ccccc1-c1cccc(OC(=O)O)c1C1CCCCC1. The van der Waals surface area contributed by atoms with E-state index in [1.54, 1.807) is 24.3 Å². The molecule has 0 saturated heterocycles. The van der Waals surface area contributed by atoms with Gasteiger partial charge in [-0.05, 0) is 42.0 Å². The Morgan fingerprint density at radius 3 is 2.35 bits per heavy atom. The molecular formula is C21H22O5. The molecule has 5 heteroatoms. The predicted molar refractivity (Wildman–Crippen MR) is 97.7 cm³/mol. The van der Waals surface area contributed by atoms with Crippen molar-refractivity contribution in [3.63, 3.8) is 0 Å². The second-order valence-corrected chi connectivity index (χ2v) is 6.46. The molecule has 0 spiro atoms. The highest BCUT2D eigenvalue weighted by Crippen LogP contribution is 2.43. The number of esters is 1. The molecule has 0 bridgehead atoms. The number of benzene rings is 2. The Balaban J connectivity index is 2.18. The quantitative estimate of drug-likeness (QED) is 0.600. The van der Waals surface area contributed by atoms with Gasteiger partial charge in [-0.15, -0.1) is 0 Å². The summed E-state index contributed by atoms with van der Waals surface area (Å²) in [4.78, 5) is 23.4. The smallest absolute Gasteiger partial charge is 0.465 e. The van der Waals surface area contributed by atoms with Crippen molar-refractivity contribution >= 4 is 12.1 Å². The Kier molecular flexibility index (Phi) is 5.56. The molecule has 5 nitrogen and oxygen atoms in total. The molecule has 2 aromatic rings. The van der Waals surface area contributed by atoms with Gasteiger partial charge < -0.3 is 14.6 Å². The Hall–Kier alpha value is -2.82. The fraction of sp³-hybridized carbons (Fsp3) is 0.333. The second kappa shape index (κ2) is 8.04. The maximum atomic E-state index is 12.2. The second-order valence-electron chi connectivity index (χ2n) is 6.46. The number of hydrogen-bond donors (Lipinski definition) is 1. The molecule has 0 heterocycles. The summed E-state index contributed by atoms with van der Waals surface area (Å²) in [6, 6.07) is 12.6. The van der Waals surface area contributed by atoms with Gasteiger partial charge in [0.2, 0.25) is 0 Å². The van der Waals surface area contributed by atoms with E-state index in [9.17, 15) is 9.59 Å². The molecule has 3 rings (SSSR count). The minimum atomic E-state index is -1.33. The van der Waals surface area contributed by atoms with Gasteiger partial charge in [0.25, 0.3) is 0 Å². The van der Waals surface area contributed by atoms with Crippen LogP contribution in [-0.4, -0.2) is 24.3 Å². The summed E-state index contributed by atoms with van der Waals surface area (Å²) in [5.41, 5.74) is 2.89. The zero-order valence-electron chi connectivity index (χ0n) is 14.7. The van der Waals surface area contributed by atoms with Crippen LogP contribution in [0.5, 0.6) is 5.75 Å². The molecule has 136 valence electrons. The molecule has 0 aromatic heterocycles. The van der Waals surface area contributed by atoms with E-state index in [0.717, 1.165) is 42.4 Å². The van der Waals surface area contributed by atoms with Crippen molar-refractivity contribution in [1.29, 1.82) is 0 Å². The van der Waals surface area contributed by atoms with Gasteiger partial charge in [0, 0.05) is 5.56 Å². The molecule has 1 saturated carbocycles. The van der Waals surface area contributed by atoms with Crippen LogP contribution < -0.4 is 4.74 Å². The highest BCUT2D eigenvalue weighted by Gasteiger charge is 2.26. The molecule has 1 N–H and O–H groups in total. The van der Waals surface area contributed by atoms with Gasteiger partial charge in [0.15, 0.2) is 0 Å². The van der Waals surface area contributed by atoms with Crippen LogP contribution in [0.4, 0.5) is 4.79 Å². The molecule has 0 atom stereocenters. The lowest BCUT2D eigenvalue weighted by atomic mass is 9.79. The van der Waals surface area contributed by atoms with Gasteiger partial charge in [-0.3, -0.25) is 0 Å². The van der Waals surface area contributed by atoms with E-state index < -0.39 is 12.1 Å². The first-order chi connectivity index (χ1) is 12.6. The number of carbonyl (C=O) groups is 2. The van der Waals surface area contributed by atoms with Crippen LogP contribution in [-0.2, 0) is 4.74 Å². The topological polar surface area (TPSA) is 72.8 Å². The summed E-state index contributed by atoms with van der Waals surface area (Å²) in [7, 11) is 1.35. The molecule has 26 heavy (non-hydrogen) atoms. The van der Waals surface area contributed by atoms with Crippen LogP contribution in [0.3, 0.4) is 0 Å². The standard InChI is InChI=1S/C21H22O5/c1-25-20(22)17-11-6-5-10-15(17)16-12-7-13-18(26-21(23)24)19(16)14-8-3-2-4-9-14/h5-7,10-14H,2-4,8-9H2,1H3,(H,23,24). The molecular weight excluding hydrogens is 332 g/mol. The average Bonchev–Trinajstić information content (AvgIpc) is 2.67. The number of hydrogen-bond acceptors (Lipinski definition) is 4. The zero-order chi connectivity index (χ0) is 18.5. The first kappa shape index (κ1) is 18.0. The van der Waals surface area contributed by atoms with Crippen molar-refractivity contribution in [2.24, 2.45) is 0 Å². The van der Waals surface area contributed by atoms with Gasteiger partial charge in [0.05, 0.1) is 12.7 Å². The summed E-state index contributed by atoms with van der Waals surface area (Å²) in [6.07, 6.45) is 4.02. The molecule has 0 aliphatic heterocycles. The van der Waals surface area contributed by atoms with Crippen LogP contribution in [0.15, 0.2) is 42.5 Å². The lowest BCUT2D eigenvalue weighted by Gasteiger charge is -2.26. The molecule has 1 aliphatic carbocycles. The van der Waals surface area contributed by atoms with E-state index in [-0.39, 0.29) is 5.92 Å². The van der Waals surface area contributed by atoms with Gasteiger partial charge in [-0.2, -0.15) is 0 Å². The third-order valence-electron chi connectivity index (χ3n) is 4.90. The van der Waals surface area contributed by atoms with Gasteiger partial charge in [-0.1, -0.05) is 49.6 Å². The molecule has 1 aliphatic rings. The minimum absolute atomic E-state index is 0.208. The monoisotopic (exact) mass is 354 g/mol. The lowest BCUT2D eigenvalue weighted by molar-refractivity contribution is 0.0601. The van der Waals surface area contributed by atoms with E-state index in [2.05, 4.69) is 0 Å². The van der Waals surface area contributed by atoms with Crippen LogP contribution in [0.2, 0.25) is 0 Å². The van der Waals surface area contributed by atoms with Crippen LogP contribution in [0.1, 0.15) is 53.9 Å². The number of ether oxygens (including phenoxy) is 2. The van der Waals surface area contributed by atoms with Gasteiger partial charge in [-0.25, -0.2) is 9.59 Å². The van der Waals surface area contributed by atoms with E-state index in [0.29, 0.717) is 11.3 Å². The van der Waals surface area contributed by atoms with E-state index in [4.69, 9.17) is 14.6 Å². The maximum absolute atomic E-state index is 12.2. The molecule has 0 amide bonds. The largest absolute Gasteiger partial charge is 0.511 e. The Bertz CT molecular complexity index is 806. The molecule has 0 unspecified atom stereocenters. The Labute approximate surface area is 152 Å². The first-order valence-electron chi connectivity index (χ1n) is 8.83. The van der Waals surface area contributed by atoms with Crippen molar-refractivity contribution in [3.05, 3.63) is 53.6 Å². The fourth-order valence-corrected chi connectivity index (χ4v) is 3.78. The fourth-order valence-electron chi connectivity index (χ4n) is 3.78.